The maximum Gasteiger partial charge on any atom is 0.185 e. The van der Waals surface area contributed by atoms with Crippen molar-refractivity contribution in [3.05, 3.63) is 82.2 Å². The van der Waals surface area contributed by atoms with Crippen molar-refractivity contribution in [3.63, 3.8) is 0 Å². The third-order valence-corrected chi connectivity index (χ3v) is 2.56. The van der Waals surface area contributed by atoms with Crippen molar-refractivity contribution < 1.29 is 4.79 Å². The topological polar surface area (TPSA) is 65.8 Å². The fraction of sp³-hybridized carbons (Fsp3) is 0. The van der Waals surface area contributed by atoms with Gasteiger partial charge in [-0.25, -0.2) is 0 Å². The third kappa shape index (κ3) is 3.31. The molecular weight excluding hydrogens is 238 g/mol. The molecule has 0 aromatic heterocycles. The van der Waals surface area contributed by atoms with E-state index in [1.807, 2.05) is 24.3 Å². The summed E-state index contributed by atoms with van der Waals surface area (Å²) in [6, 6.07) is 16.1. The third-order valence-electron chi connectivity index (χ3n) is 2.56. The number of carbonyl (C=O) groups excluding carboxylic acids is 1. The molecule has 0 aliphatic carbocycles. The standard InChI is InChI=1S/C15H11N3O/c16-18-17-14-9-5-4-6-12(14)10-11-15(19)13-7-2-1-3-8-13/h1-11H/b11-10+. The Balaban J connectivity index is 2.24. The minimum atomic E-state index is -0.0867. The van der Waals surface area contributed by atoms with Gasteiger partial charge in [-0.15, -0.1) is 0 Å². The number of carbonyl (C=O) groups is 1. The number of hydrogen-bond acceptors (Lipinski definition) is 2. The Morgan fingerprint density at radius 2 is 1.74 bits per heavy atom. The van der Waals surface area contributed by atoms with Gasteiger partial charge >= 0.3 is 0 Å². The zero-order valence-corrected chi connectivity index (χ0v) is 10.1. The average Bonchev–Trinajstić information content (AvgIpc) is 2.47. The van der Waals surface area contributed by atoms with Gasteiger partial charge in [-0.1, -0.05) is 65.8 Å². The fourth-order valence-corrected chi connectivity index (χ4v) is 1.63. The van der Waals surface area contributed by atoms with Crippen LogP contribution in [-0.2, 0) is 0 Å². The van der Waals surface area contributed by atoms with Crippen molar-refractivity contribution in [3.8, 4) is 0 Å². The summed E-state index contributed by atoms with van der Waals surface area (Å²) in [5, 5.41) is 3.58. The quantitative estimate of drug-likeness (QED) is 0.258. The van der Waals surface area contributed by atoms with Crippen LogP contribution in [0.4, 0.5) is 5.69 Å². The molecule has 4 heteroatoms. The number of benzene rings is 2. The molecule has 0 N–H and O–H groups in total. The Hall–Kier alpha value is -2.84. The molecular formula is C15H11N3O. The van der Waals surface area contributed by atoms with Crippen molar-refractivity contribution in [1.82, 2.24) is 0 Å². The zero-order chi connectivity index (χ0) is 13.5. The number of allylic oxidation sites excluding steroid dienone is 1. The summed E-state index contributed by atoms with van der Waals surface area (Å²) < 4.78 is 0. The van der Waals surface area contributed by atoms with Crippen LogP contribution in [0.2, 0.25) is 0 Å². The Kier molecular flexibility index (Phi) is 4.11. The van der Waals surface area contributed by atoms with E-state index in [9.17, 15) is 4.79 Å². The molecule has 2 aromatic rings. The Bertz CT molecular complexity index is 656. The van der Waals surface area contributed by atoms with Gasteiger partial charge in [0.2, 0.25) is 0 Å². The predicted molar refractivity (Wildman–Crippen MR) is 75.1 cm³/mol. The van der Waals surface area contributed by atoms with Gasteiger partial charge < -0.3 is 0 Å². The summed E-state index contributed by atoms with van der Waals surface area (Å²) in [5.74, 6) is -0.0867. The van der Waals surface area contributed by atoms with E-state index in [0.29, 0.717) is 16.8 Å². The molecule has 0 aliphatic rings. The second-order valence-electron chi connectivity index (χ2n) is 3.81. The second kappa shape index (κ2) is 6.19. The largest absolute Gasteiger partial charge is 0.289 e. The summed E-state index contributed by atoms with van der Waals surface area (Å²) in [6.45, 7) is 0. The smallest absolute Gasteiger partial charge is 0.185 e. The fourth-order valence-electron chi connectivity index (χ4n) is 1.63. The van der Waals surface area contributed by atoms with Crippen LogP contribution in [0.3, 0.4) is 0 Å². The number of ketones is 1. The van der Waals surface area contributed by atoms with Crippen molar-refractivity contribution in [1.29, 1.82) is 0 Å². The molecule has 0 radical (unpaired) electrons. The van der Waals surface area contributed by atoms with E-state index in [0.717, 1.165) is 0 Å². The van der Waals surface area contributed by atoms with Crippen LogP contribution in [0.5, 0.6) is 0 Å². The van der Waals surface area contributed by atoms with E-state index in [1.54, 1.807) is 36.4 Å². The molecule has 0 saturated heterocycles. The Labute approximate surface area is 110 Å². The average molecular weight is 249 g/mol. The summed E-state index contributed by atoms with van der Waals surface area (Å²) in [4.78, 5) is 14.7. The molecule has 0 amide bonds. The highest BCUT2D eigenvalue weighted by Gasteiger charge is 2.00. The van der Waals surface area contributed by atoms with E-state index in [4.69, 9.17) is 5.53 Å². The normalized spacial score (nSPS) is 10.1. The minimum Gasteiger partial charge on any atom is -0.289 e. The molecule has 2 rings (SSSR count). The lowest BCUT2D eigenvalue weighted by Gasteiger charge is -1.98. The SMILES string of the molecule is [N-]=[N+]=Nc1ccccc1/C=C/C(=O)c1ccccc1. The van der Waals surface area contributed by atoms with Gasteiger partial charge in [0.05, 0.1) is 0 Å². The van der Waals surface area contributed by atoms with E-state index >= 15 is 0 Å². The van der Waals surface area contributed by atoms with Crippen molar-refractivity contribution >= 4 is 17.5 Å². The van der Waals surface area contributed by atoms with Crippen molar-refractivity contribution in [2.45, 2.75) is 0 Å². The predicted octanol–water partition coefficient (Wildman–Crippen LogP) is 4.52. The summed E-state index contributed by atoms with van der Waals surface area (Å²) in [5.41, 5.74) is 10.3. The first-order chi connectivity index (χ1) is 9.31. The molecule has 4 nitrogen and oxygen atoms in total. The molecule has 0 spiro atoms. The van der Waals surface area contributed by atoms with Crippen LogP contribution < -0.4 is 0 Å². The van der Waals surface area contributed by atoms with Crippen molar-refractivity contribution in [2.24, 2.45) is 5.11 Å². The van der Waals surface area contributed by atoms with Gasteiger partial charge in [-0.2, -0.15) is 0 Å². The summed E-state index contributed by atoms with van der Waals surface area (Å²) >= 11 is 0. The van der Waals surface area contributed by atoms with Gasteiger partial charge in [0.15, 0.2) is 5.78 Å². The first-order valence-electron chi connectivity index (χ1n) is 5.73. The molecule has 0 unspecified atom stereocenters. The highest BCUT2D eigenvalue weighted by Crippen LogP contribution is 2.20. The molecule has 19 heavy (non-hydrogen) atoms. The van der Waals surface area contributed by atoms with E-state index in [1.165, 1.54) is 6.08 Å². The molecule has 0 aliphatic heterocycles. The number of nitrogens with zero attached hydrogens (tertiary/aromatic N) is 3. The first kappa shape index (κ1) is 12.6. The highest BCUT2D eigenvalue weighted by molar-refractivity contribution is 6.07. The number of azide groups is 1. The summed E-state index contributed by atoms with van der Waals surface area (Å²) in [7, 11) is 0. The van der Waals surface area contributed by atoms with Crippen LogP contribution in [0.25, 0.3) is 16.5 Å². The first-order valence-corrected chi connectivity index (χ1v) is 5.73. The monoisotopic (exact) mass is 249 g/mol. The molecule has 0 saturated carbocycles. The molecule has 0 heterocycles. The lowest BCUT2D eigenvalue weighted by atomic mass is 10.1. The number of rotatable bonds is 4. The van der Waals surface area contributed by atoms with Crippen LogP contribution in [0.1, 0.15) is 15.9 Å². The number of hydrogen-bond donors (Lipinski definition) is 0. The van der Waals surface area contributed by atoms with Crippen LogP contribution in [0.15, 0.2) is 65.8 Å². The highest BCUT2D eigenvalue weighted by atomic mass is 16.1. The minimum absolute atomic E-state index is 0.0867. The maximum atomic E-state index is 11.9. The Morgan fingerprint density at radius 3 is 2.47 bits per heavy atom. The summed E-state index contributed by atoms with van der Waals surface area (Å²) in [6.07, 6.45) is 3.13. The van der Waals surface area contributed by atoms with E-state index in [2.05, 4.69) is 10.0 Å². The maximum absolute atomic E-state index is 11.9. The van der Waals surface area contributed by atoms with E-state index < -0.39 is 0 Å². The van der Waals surface area contributed by atoms with Gasteiger partial charge in [0.1, 0.15) is 0 Å². The molecule has 0 fully saturated rings. The second-order valence-corrected chi connectivity index (χ2v) is 3.81. The zero-order valence-electron chi connectivity index (χ0n) is 10.1. The van der Waals surface area contributed by atoms with Gasteiger partial charge in [-0.3, -0.25) is 4.79 Å². The van der Waals surface area contributed by atoms with Gasteiger partial charge in [0, 0.05) is 16.2 Å². The molecule has 2 aromatic carbocycles. The van der Waals surface area contributed by atoms with Crippen LogP contribution in [-0.4, -0.2) is 5.78 Å². The van der Waals surface area contributed by atoms with E-state index in [-0.39, 0.29) is 5.78 Å². The van der Waals surface area contributed by atoms with Gasteiger partial charge in [-0.05, 0) is 17.2 Å². The molecule has 0 bridgehead atoms. The lowest BCUT2D eigenvalue weighted by Crippen LogP contribution is -1.92. The van der Waals surface area contributed by atoms with Crippen LogP contribution >= 0.6 is 0 Å². The lowest BCUT2D eigenvalue weighted by molar-refractivity contribution is 0.104. The van der Waals surface area contributed by atoms with Gasteiger partial charge in [0.25, 0.3) is 0 Å². The molecule has 0 atom stereocenters. The van der Waals surface area contributed by atoms with Crippen molar-refractivity contribution in [2.75, 3.05) is 0 Å². The van der Waals surface area contributed by atoms with Crippen LogP contribution in [0, 0.1) is 0 Å². The Morgan fingerprint density at radius 1 is 1.05 bits per heavy atom. The molecule has 92 valence electrons.